The van der Waals surface area contributed by atoms with Crippen molar-refractivity contribution < 1.29 is 9.53 Å². The van der Waals surface area contributed by atoms with Gasteiger partial charge < -0.3 is 15.4 Å². The summed E-state index contributed by atoms with van der Waals surface area (Å²) in [6, 6.07) is 19.7. The Hall–Kier alpha value is -3.41. The van der Waals surface area contributed by atoms with Gasteiger partial charge in [-0.3, -0.25) is 4.79 Å². The molecule has 1 amide bonds. The quantitative estimate of drug-likeness (QED) is 0.585. The van der Waals surface area contributed by atoms with Gasteiger partial charge in [0.25, 0.3) is 5.91 Å². The number of hydrogen-bond donors (Lipinski definition) is 2. The van der Waals surface area contributed by atoms with Crippen LogP contribution in [0.15, 0.2) is 60.7 Å². The second-order valence-corrected chi connectivity index (χ2v) is 6.71. The molecule has 2 aromatic carbocycles. The van der Waals surface area contributed by atoms with Crippen LogP contribution in [-0.4, -0.2) is 36.1 Å². The Morgan fingerprint density at radius 3 is 2.48 bits per heavy atom. The van der Waals surface area contributed by atoms with Gasteiger partial charge in [0.05, 0.1) is 7.11 Å². The van der Waals surface area contributed by atoms with Crippen molar-refractivity contribution in [2.45, 2.75) is 19.8 Å². The largest absolute Gasteiger partial charge is 0.497 e. The molecule has 150 valence electrons. The van der Waals surface area contributed by atoms with Crippen molar-refractivity contribution >= 4 is 11.7 Å². The molecule has 1 heterocycles. The lowest BCUT2D eigenvalue weighted by Gasteiger charge is -2.10. The van der Waals surface area contributed by atoms with E-state index in [1.807, 2.05) is 48.5 Å². The van der Waals surface area contributed by atoms with Crippen LogP contribution in [0, 0.1) is 6.92 Å². The molecule has 0 saturated carbocycles. The number of aryl methyl sites for hydroxylation is 1. The number of amides is 1. The predicted octanol–water partition coefficient (Wildman–Crippen LogP) is 3.42. The first kappa shape index (κ1) is 20.3. The van der Waals surface area contributed by atoms with Crippen LogP contribution in [0.1, 0.15) is 27.4 Å². The molecule has 0 bridgehead atoms. The second-order valence-electron chi connectivity index (χ2n) is 6.71. The Labute approximate surface area is 171 Å². The highest BCUT2D eigenvalue weighted by Gasteiger charge is 2.10. The smallest absolute Gasteiger partial charge is 0.270 e. The number of methoxy groups -OCH3 is 1. The molecule has 3 rings (SSSR count). The first-order valence-electron chi connectivity index (χ1n) is 9.68. The van der Waals surface area contributed by atoms with Crippen LogP contribution >= 0.6 is 0 Å². The van der Waals surface area contributed by atoms with Gasteiger partial charge in [-0.25, -0.2) is 9.97 Å². The van der Waals surface area contributed by atoms with Crippen LogP contribution in [0.4, 0.5) is 5.82 Å². The highest BCUT2D eigenvalue weighted by Crippen LogP contribution is 2.13. The molecule has 2 N–H and O–H groups in total. The number of nitrogens with zero attached hydrogens (tertiary/aromatic N) is 2. The molecule has 0 atom stereocenters. The Balaban J connectivity index is 1.53. The van der Waals surface area contributed by atoms with Gasteiger partial charge in [-0.15, -0.1) is 0 Å². The number of carbonyl (C=O) groups is 1. The fourth-order valence-corrected chi connectivity index (χ4v) is 2.99. The maximum Gasteiger partial charge on any atom is 0.270 e. The van der Waals surface area contributed by atoms with Crippen molar-refractivity contribution in [3.8, 4) is 5.75 Å². The normalized spacial score (nSPS) is 10.4. The summed E-state index contributed by atoms with van der Waals surface area (Å²) in [5.74, 6) is 1.86. The number of hydrogen-bond acceptors (Lipinski definition) is 5. The van der Waals surface area contributed by atoms with E-state index in [1.54, 1.807) is 20.1 Å². The first-order valence-corrected chi connectivity index (χ1v) is 9.68. The molecular formula is C23H26N4O2. The van der Waals surface area contributed by atoms with Crippen molar-refractivity contribution in [1.82, 2.24) is 15.3 Å². The molecule has 0 unspecified atom stereocenters. The van der Waals surface area contributed by atoms with Gasteiger partial charge in [0.15, 0.2) is 0 Å². The van der Waals surface area contributed by atoms with Crippen molar-refractivity contribution in [3.63, 3.8) is 0 Å². The minimum Gasteiger partial charge on any atom is -0.497 e. The van der Waals surface area contributed by atoms with Gasteiger partial charge in [-0.1, -0.05) is 42.5 Å². The molecule has 0 spiro atoms. The molecule has 0 fully saturated rings. The minimum atomic E-state index is -0.192. The third-order valence-corrected chi connectivity index (χ3v) is 4.47. The van der Waals surface area contributed by atoms with Gasteiger partial charge >= 0.3 is 0 Å². The number of ether oxygens (including phenoxy) is 1. The van der Waals surface area contributed by atoms with E-state index >= 15 is 0 Å². The van der Waals surface area contributed by atoms with Crippen molar-refractivity contribution in [2.75, 3.05) is 25.5 Å². The van der Waals surface area contributed by atoms with Crippen molar-refractivity contribution in [3.05, 3.63) is 83.3 Å². The van der Waals surface area contributed by atoms with Crippen LogP contribution < -0.4 is 15.4 Å². The number of benzene rings is 2. The first-order chi connectivity index (χ1) is 14.1. The van der Waals surface area contributed by atoms with Gasteiger partial charge in [0.1, 0.15) is 23.1 Å². The number of anilines is 1. The zero-order valence-electron chi connectivity index (χ0n) is 16.8. The Morgan fingerprint density at radius 1 is 0.931 bits per heavy atom. The molecule has 0 aliphatic rings. The van der Waals surface area contributed by atoms with Gasteiger partial charge in [0.2, 0.25) is 0 Å². The molecule has 0 saturated heterocycles. The van der Waals surface area contributed by atoms with E-state index in [4.69, 9.17) is 4.74 Å². The summed E-state index contributed by atoms with van der Waals surface area (Å²) in [7, 11) is 1.66. The number of nitrogens with one attached hydrogen (secondary N) is 2. The summed E-state index contributed by atoms with van der Waals surface area (Å²) >= 11 is 0. The third-order valence-electron chi connectivity index (χ3n) is 4.47. The van der Waals surface area contributed by atoms with Gasteiger partial charge in [-0.05, 0) is 43.0 Å². The van der Waals surface area contributed by atoms with E-state index in [1.165, 1.54) is 11.1 Å². The SMILES string of the molecule is COc1cccc(CCNc2cc(C(=O)NCCc3ccccc3)nc(C)n2)c1. The maximum absolute atomic E-state index is 12.5. The lowest BCUT2D eigenvalue weighted by atomic mass is 10.1. The average molecular weight is 390 g/mol. The van der Waals surface area contributed by atoms with Crippen molar-refractivity contribution in [2.24, 2.45) is 0 Å². The molecule has 0 aliphatic heterocycles. The predicted molar refractivity (Wildman–Crippen MR) is 114 cm³/mol. The Kier molecular flexibility index (Phi) is 7.16. The zero-order valence-corrected chi connectivity index (χ0v) is 16.8. The summed E-state index contributed by atoms with van der Waals surface area (Å²) in [6.45, 7) is 3.04. The fraction of sp³-hybridized carbons (Fsp3) is 0.261. The van der Waals surface area contributed by atoms with Gasteiger partial charge in [-0.2, -0.15) is 0 Å². The van der Waals surface area contributed by atoms with Crippen LogP contribution in [0.5, 0.6) is 5.75 Å². The molecular weight excluding hydrogens is 364 g/mol. The molecule has 6 nitrogen and oxygen atoms in total. The average Bonchev–Trinajstić information content (AvgIpc) is 2.74. The van der Waals surface area contributed by atoms with Crippen LogP contribution in [0.2, 0.25) is 0 Å². The van der Waals surface area contributed by atoms with E-state index < -0.39 is 0 Å². The zero-order chi connectivity index (χ0) is 20.5. The number of aromatic nitrogens is 2. The minimum absolute atomic E-state index is 0.192. The molecule has 29 heavy (non-hydrogen) atoms. The van der Waals surface area contributed by atoms with E-state index in [0.29, 0.717) is 30.4 Å². The molecule has 6 heteroatoms. The maximum atomic E-state index is 12.5. The van der Waals surface area contributed by atoms with Crippen LogP contribution in [-0.2, 0) is 12.8 Å². The fourth-order valence-electron chi connectivity index (χ4n) is 2.99. The summed E-state index contributed by atoms with van der Waals surface area (Å²) in [4.78, 5) is 21.1. The molecule has 0 radical (unpaired) electrons. The Bertz CT molecular complexity index is 945. The van der Waals surface area contributed by atoms with E-state index in [-0.39, 0.29) is 5.91 Å². The molecule has 3 aromatic rings. The van der Waals surface area contributed by atoms with E-state index in [0.717, 1.165) is 18.6 Å². The van der Waals surface area contributed by atoms with Crippen molar-refractivity contribution in [1.29, 1.82) is 0 Å². The topological polar surface area (TPSA) is 76.1 Å². The van der Waals surface area contributed by atoms with E-state index in [2.05, 4.69) is 26.7 Å². The summed E-state index contributed by atoms with van der Waals surface area (Å²) in [6.07, 6.45) is 1.60. The highest BCUT2D eigenvalue weighted by molar-refractivity contribution is 5.92. The summed E-state index contributed by atoms with van der Waals surface area (Å²) in [5.41, 5.74) is 2.72. The third kappa shape index (κ3) is 6.31. The summed E-state index contributed by atoms with van der Waals surface area (Å²) in [5, 5.41) is 6.20. The Morgan fingerprint density at radius 2 is 1.69 bits per heavy atom. The lowest BCUT2D eigenvalue weighted by molar-refractivity contribution is 0.0949. The summed E-state index contributed by atoms with van der Waals surface area (Å²) < 4.78 is 5.25. The molecule has 0 aliphatic carbocycles. The lowest BCUT2D eigenvalue weighted by Crippen LogP contribution is -2.27. The number of rotatable bonds is 9. The standard InChI is InChI=1S/C23H26N4O2/c1-17-26-21(23(28)25-14-11-18-7-4-3-5-8-18)16-22(27-17)24-13-12-19-9-6-10-20(15-19)29-2/h3-10,15-16H,11-14H2,1-2H3,(H,25,28)(H,24,26,27). The van der Waals surface area contributed by atoms with E-state index in [9.17, 15) is 4.79 Å². The number of carbonyl (C=O) groups excluding carboxylic acids is 1. The van der Waals surface area contributed by atoms with Crippen LogP contribution in [0.25, 0.3) is 0 Å². The van der Waals surface area contributed by atoms with Crippen LogP contribution in [0.3, 0.4) is 0 Å². The second kappa shape index (κ2) is 10.2. The highest BCUT2D eigenvalue weighted by atomic mass is 16.5. The monoisotopic (exact) mass is 390 g/mol. The molecule has 1 aromatic heterocycles. The van der Waals surface area contributed by atoms with Gasteiger partial charge in [0, 0.05) is 19.2 Å².